The number of nitrogens with zero attached hydrogens (tertiary/aromatic N) is 1. The van der Waals surface area contributed by atoms with Gasteiger partial charge in [0.05, 0.1) is 4.92 Å². The van der Waals surface area contributed by atoms with E-state index in [0.717, 1.165) is 6.42 Å². The highest BCUT2D eigenvalue weighted by atomic mass is 16.6. The summed E-state index contributed by atoms with van der Waals surface area (Å²) in [4.78, 5) is 10.4. The summed E-state index contributed by atoms with van der Waals surface area (Å²) in [6, 6.07) is 4.91. The lowest BCUT2D eigenvalue weighted by molar-refractivity contribution is -0.384. The fourth-order valence-corrected chi connectivity index (χ4v) is 1.71. The van der Waals surface area contributed by atoms with Crippen molar-refractivity contribution in [3.63, 3.8) is 0 Å². The number of nitro benzene ring substituents is 1. The van der Waals surface area contributed by atoms with Gasteiger partial charge in [-0.3, -0.25) is 10.1 Å². The van der Waals surface area contributed by atoms with Crippen LogP contribution in [0, 0.1) is 10.1 Å². The molecular weight excluding hydrogens is 234 g/mol. The number of aliphatic hydroxyl groups is 1. The molecule has 0 aromatic heterocycles. The van der Waals surface area contributed by atoms with E-state index in [-0.39, 0.29) is 18.3 Å². The van der Waals surface area contributed by atoms with E-state index >= 15 is 0 Å². The van der Waals surface area contributed by atoms with Crippen LogP contribution in [0.3, 0.4) is 0 Å². The molecule has 0 aliphatic rings. The van der Waals surface area contributed by atoms with Gasteiger partial charge in [0.15, 0.2) is 0 Å². The van der Waals surface area contributed by atoms with E-state index in [9.17, 15) is 10.1 Å². The van der Waals surface area contributed by atoms with Crippen LogP contribution >= 0.6 is 0 Å². The molecule has 0 amide bonds. The van der Waals surface area contributed by atoms with E-state index in [1.54, 1.807) is 7.05 Å². The number of rotatable bonds is 7. The van der Waals surface area contributed by atoms with Crippen LogP contribution in [-0.4, -0.2) is 29.7 Å². The predicted molar refractivity (Wildman–Crippen MR) is 72.0 cm³/mol. The maximum Gasteiger partial charge on any atom is 0.273 e. The third-order valence-corrected chi connectivity index (χ3v) is 2.76. The number of aliphatic hydroxyl groups excluding tert-OH is 1. The number of hydrogen-bond donors (Lipinski definition) is 3. The quantitative estimate of drug-likeness (QED) is 0.512. The molecule has 0 radical (unpaired) electrons. The second-order valence-corrected chi connectivity index (χ2v) is 4.04. The molecule has 1 aromatic carbocycles. The lowest BCUT2D eigenvalue weighted by Gasteiger charge is -2.17. The highest BCUT2D eigenvalue weighted by molar-refractivity contribution is 5.63. The van der Waals surface area contributed by atoms with Gasteiger partial charge in [0, 0.05) is 43.2 Å². The monoisotopic (exact) mass is 253 g/mol. The Balaban J connectivity index is 2.93. The van der Waals surface area contributed by atoms with Crippen LogP contribution in [-0.2, 0) is 0 Å². The van der Waals surface area contributed by atoms with Crippen LogP contribution in [0.2, 0.25) is 0 Å². The third kappa shape index (κ3) is 3.89. The van der Waals surface area contributed by atoms with Crippen molar-refractivity contribution in [2.24, 2.45) is 0 Å². The molecule has 6 heteroatoms. The van der Waals surface area contributed by atoms with Gasteiger partial charge in [-0.1, -0.05) is 6.92 Å². The molecule has 1 aromatic rings. The van der Waals surface area contributed by atoms with Crippen LogP contribution in [0.1, 0.15) is 19.8 Å². The molecule has 0 fully saturated rings. The topological polar surface area (TPSA) is 87.4 Å². The average Bonchev–Trinajstić information content (AvgIpc) is 2.37. The number of nitrogens with one attached hydrogen (secondary N) is 2. The number of anilines is 2. The van der Waals surface area contributed by atoms with Gasteiger partial charge in [0.25, 0.3) is 5.69 Å². The molecule has 0 aliphatic carbocycles. The van der Waals surface area contributed by atoms with Gasteiger partial charge < -0.3 is 15.7 Å². The first kappa shape index (κ1) is 14.2. The molecule has 6 nitrogen and oxygen atoms in total. The number of non-ortho nitro benzene ring substituents is 1. The number of benzene rings is 1. The van der Waals surface area contributed by atoms with Crippen LogP contribution in [0.15, 0.2) is 18.2 Å². The largest absolute Gasteiger partial charge is 0.396 e. The van der Waals surface area contributed by atoms with Gasteiger partial charge in [-0.25, -0.2) is 0 Å². The molecule has 0 aliphatic heterocycles. The first-order chi connectivity index (χ1) is 8.60. The van der Waals surface area contributed by atoms with Crippen molar-refractivity contribution in [1.29, 1.82) is 0 Å². The summed E-state index contributed by atoms with van der Waals surface area (Å²) >= 11 is 0. The van der Waals surface area contributed by atoms with Gasteiger partial charge in [-0.2, -0.15) is 0 Å². The Labute approximate surface area is 106 Å². The minimum atomic E-state index is -0.418. The van der Waals surface area contributed by atoms with Gasteiger partial charge in [0.1, 0.15) is 0 Å². The second kappa shape index (κ2) is 6.80. The van der Waals surface area contributed by atoms with Crippen molar-refractivity contribution in [2.45, 2.75) is 25.8 Å². The van der Waals surface area contributed by atoms with Crippen LogP contribution < -0.4 is 10.6 Å². The molecule has 0 bridgehead atoms. The van der Waals surface area contributed by atoms with Crippen molar-refractivity contribution in [1.82, 2.24) is 0 Å². The molecule has 1 atom stereocenters. The molecule has 3 N–H and O–H groups in total. The molecule has 1 rings (SSSR count). The Bertz CT molecular complexity index is 410. The van der Waals surface area contributed by atoms with Gasteiger partial charge in [0.2, 0.25) is 0 Å². The Kier molecular flexibility index (Phi) is 5.38. The van der Waals surface area contributed by atoms with Gasteiger partial charge in [-0.05, 0) is 18.9 Å². The highest BCUT2D eigenvalue weighted by Crippen LogP contribution is 2.25. The zero-order valence-corrected chi connectivity index (χ0v) is 10.6. The normalized spacial score (nSPS) is 11.9. The minimum absolute atomic E-state index is 0.0446. The molecule has 100 valence electrons. The van der Waals surface area contributed by atoms with Crippen molar-refractivity contribution < 1.29 is 10.0 Å². The van der Waals surface area contributed by atoms with E-state index in [4.69, 9.17) is 5.11 Å². The van der Waals surface area contributed by atoms with Crippen molar-refractivity contribution >= 4 is 17.1 Å². The minimum Gasteiger partial charge on any atom is -0.396 e. The number of nitro groups is 1. The predicted octanol–water partition coefficient (Wildman–Crippen LogP) is 2.21. The van der Waals surface area contributed by atoms with E-state index in [0.29, 0.717) is 17.8 Å². The van der Waals surface area contributed by atoms with E-state index in [1.807, 2.05) is 13.0 Å². The Morgan fingerprint density at radius 1 is 1.39 bits per heavy atom. The zero-order valence-electron chi connectivity index (χ0n) is 10.6. The maximum atomic E-state index is 10.8. The Morgan fingerprint density at radius 3 is 2.56 bits per heavy atom. The molecular formula is C12H19N3O3. The number of hydrogen-bond acceptors (Lipinski definition) is 5. The van der Waals surface area contributed by atoms with E-state index < -0.39 is 4.92 Å². The summed E-state index contributed by atoms with van der Waals surface area (Å²) in [5.41, 5.74) is 1.42. The second-order valence-electron chi connectivity index (χ2n) is 4.04. The molecule has 0 saturated heterocycles. The standard InChI is InChI=1S/C12H19N3O3/c1-3-9(4-5-16)14-11-6-10(13-2)7-12(8-11)15(17)18/h6-9,13-14,16H,3-5H2,1-2H3. The first-order valence-electron chi connectivity index (χ1n) is 5.95. The summed E-state index contributed by atoms with van der Waals surface area (Å²) in [6.07, 6.45) is 1.46. The SMILES string of the molecule is CCC(CCO)Nc1cc(NC)cc([N+](=O)[O-])c1. The van der Waals surface area contributed by atoms with E-state index in [1.165, 1.54) is 12.1 Å². The smallest absolute Gasteiger partial charge is 0.273 e. The van der Waals surface area contributed by atoms with Crippen molar-refractivity contribution in [2.75, 3.05) is 24.3 Å². The van der Waals surface area contributed by atoms with Crippen molar-refractivity contribution in [3.8, 4) is 0 Å². The Morgan fingerprint density at radius 2 is 2.06 bits per heavy atom. The summed E-state index contributed by atoms with van der Waals surface area (Å²) in [5, 5.41) is 25.8. The molecule has 18 heavy (non-hydrogen) atoms. The fraction of sp³-hybridized carbons (Fsp3) is 0.500. The van der Waals surface area contributed by atoms with Gasteiger partial charge in [-0.15, -0.1) is 0 Å². The van der Waals surface area contributed by atoms with Gasteiger partial charge >= 0.3 is 0 Å². The van der Waals surface area contributed by atoms with Crippen LogP contribution in [0.4, 0.5) is 17.1 Å². The molecule has 1 unspecified atom stereocenters. The molecule has 0 heterocycles. The summed E-state index contributed by atoms with van der Waals surface area (Å²) < 4.78 is 0. The summed E-state index contributed by atoms with van der Waals surface area (Å²) in [5.74, 6) is 0. The Hall–Kier alpha value is -1.82. The first-order valence-corrected chi connectivity index (χ1v) is 5.95. The highest BCUT2D eigenvalue weighted by Gasteiger charge is 2.11. The maximum absolute atomic E-state index is 10.8. The summed E-state index contributed by atoms with van der Waals surface area (Å²) in [7, 11) is 1.72. The average molecular weight is 253 g/mol. The lowest BCUT2D eigenvalue weighted by atomic mass is 10.1. The van der Waals surface area contributed by atoms with Crippen LogP contribution in [0.25, 0.3) is 0 Å². The van der Waals surface area contributed by atoms with E-state index in [2.05, 4.69) is 10.6 Å². The fourth-order valence-electron chi connectivity index (χ4n) is 1.71. The molecule has 0 spiro atoms. The molecule has 0 saturated carbocycles. The summed E-state index contributed by atoms with van der Waals surface area (Å²) in [6.45, 7) is 2.10. The lowest BCUT2D eigenvalue weighted by Crippen LogP contribution is -2.19. The zero-order chi connectivity index (χ0) is 13.5. The van der Waals surface area contributed by atoms with Crippen molar-refractivity contribution in [3.05, 3.63) is 28.3 Å². The third-order valence-electron chi connectivity index (χ3n) is 2.76. The van der Waals surface area contributed by atoms with Crippen LogP contribution in [0.5, 0.6) is 0 Å².